The van der Waals surface area contributed by atoms with E-state index in [1.54, 1.807) is 0 Å². The van der Waals surface area contributed by atoms with Gasteiger partial charge in [0.1, 0.15) is 10.0 Å². The van der Waals surface area contributed by atoms with Crippen molar-refractivity contribution in [1.82, 2.24) is 9.71 Å². The Morgan fingerprint density at radius 1 is 1.58 bits per heavy atom. The smallest absolute Gasteiger partial charge is 0.242 e. The van der Waals surface area contributed by atoms with Crippen LogP contribution in [0, 0.1) is 5.41 Å². The van der Waals surface area contributed by atoms with Gasteiger partial charge in [-0.25, -0.2) is 18.1 Å². The quantitative estimate of drug-likeness (QED) is 0.828. The Hall–Kier alpha value is -0.690. The number of aliphatic hydroxyl groups is 1. The van der Waals surface area contributed by atoms with Gasteiger partial charge in [0.2, 0.25) is 10.0 Å². The summed E-state index contributed by atoms with van der Waals surface area (Å²) in [7, 11) is -3.62. The summed E-state index contributed by atoms with van der Waals surface area (Å²) >= 11 is 5.64. The molecule has 1 aliphatic rings. The molecule has 106 valence electrons. The first-order valence-corrected chi connectivity index (χ1v) is 7.98. The summed E-state index contributed by atoms with van der Waals surface area (Å²) in [4.78, 5) is 3.86. The van der Waals surface area contributed by atoms with Crippen LogP contribution in [0.4, 0.5) is 0 Å². The lowest BCUT2D eigenvalue weighted by Crippen LogP contribution is -2.44. The molecular weight excluding hydrogens is 288 g/mol. The van der Waals surface area contributed by atoms with Gasteiger partial charge in [-0.3, -0.25) is 0 Å². The molecule has 5 nitrogen and oxygen atoms in total. The van der Waals surface area contributed by atoms with Gasteiger partial charge in [-0.05, 0) is 25.0 Å². The number of aliphatic hydroxyl groups excluding tert-OH is 1. The summed E-state index contributed by atoms with van der Waals surface area (Å²) in [5.74, 6) is 0. The molecule has 1 heterocycles. The summed E-state index contributed by atoms with van der Waals surface area (Å²) in [6.07, 6.45) is 3.69. The van der Waals surface area contributed by atoms with E-state index in [1.165, 1.54) is 18.3 Å². The van der Waals surface area contributed by atoms with Gasteiger partial charge >= 0.3 is 0 Å². The predicted octanol–water partition coefficient (Wildman–Crippen LogP) is 1.56. The van der Waals surface area contributed by atoms with Crippen molar-refractivity contribution in [3.63, 3.8) is 0 Å². The molecule has 0 aliphatic heterocycles. The average molecular weight is 305 g/mol. The van der Waals surface area contributed by atoms with E-state index in [0.29, 0.717) is 0 Å². The highest BCUT2D eigenvalue weighted by atomic mass is 35.5. The lowest BCUT2D eigenvalue weighted by Gasteiger charge is -2.29. The number of nitrogens with one attached hydrogen (secondary N) is 1. The first-order chi connectivity index (χ1) is 8.87. The molecule has 0 radical (unpaired) electrons. The van der Waals surface area contributed by atoms with Crippen molar-refractivity contribution in [2.75, 3.05) is 6.61 Å². The summed E-state index contributed by atoms with van der Waals surface area (Å²) in [5, 5.41) is 9.68. The minimum atomic E-state index is -3.62. The van der Waals surface area contributed by atoms with Crippen LogP contribution in [0.25, 0.3) is 0 Å². The summed E-state index contributed by atoms with van der Waals surface area (Å²) in [6.45, 7) is 1.87. The van der Waals surface area contributed by atoms with E-state index in [-0.39, 0.29) is 22.7 Å². The lowest BCUT2D eigenvalue weighted by molar-refractivity contribution is 0.127. The van der Waals surface area contributed by atoms with Crippen LogP contribution in [0.5, 0.6) is 0 Å². The number of halogens is 1. The molecular formula is C12H17ClN2O3S. The van der Waals surface area contributed by atoms with Crippen molar-refractivity contribution in [2.45, 2.75) is 37.1 Å². The standard InChI is InChI=1S/C12H17ClN2O3S/c1-12(8-16)6-2-3-10(12)15-19(17,18)9-4-5-11(13)14-7-9/h4-5,7,10,15-16H,2-3,6,8H2,1H3. The highest BCUT2D eigenvalue weighted by molar-refractivity contribution is 7.89. The summed E-state index contributed by atoms with van der Waals surface area (Å²) in [5.41, 5.74) is -0.396. The number of rotatable bonds is 4. The molecule has 2 N–H and O–H groups in total. The first-order valence-electron chi connectivity index (χ1n) is 6.12. The van der Waals surface area contributed by atoms with Crippen LogP contribution >= 0.6 is 11.6 Å². The zero-order valence-corrected chi connectivity index (χ0v) is 12.2. The number of pyridine rings is 1. The Morgan fingerprint density at radius 3 is 2.89 bits per heavy atom. The van der Waals surface area contributed by atoms with Crippen molar-refractivity contribution in [3.8, 4) is 0 Å². The second-order valence-corrected chi connectivity index (χ2v) is 7.30. The maximum absolute atomic E-state index is 12.2. The molecule has 2 atom stereocenters. The molecule has 0 amide bonds. The largest absolute Gasteiger partial charge is 0.396 e. The first kappa shape index (κ1) is 14.7. The van der Waals surface area contributed by atoms with Gasteiger partial charge in [-0.15, -0.1) is 0 Å². The molecule has 1 saturated carbocycles. The fraction of sp³-hybridized carbons (Fsp3) is 0.583. The highest BCUT2D eigenvalue weighted by Crippen LogP contribution is 2.38. The predicted molar refractivity (Wildman–Crippen MR) is 72.4 cm³/mol. The SMILES string of the molecule is CC1(CO)CCCC1NS(=O)(=O)c1ccc(Cl)nc1. The van der Waals surface area contributed by atoms with Crippen molar-refractivity contribution in [1.29, 1.82) is 0 Å². The van der Waals surface area contributed by atoms with E-state index < -0.39 is 15.4 Å². The lowest BCUT2D eigenvalue weighted by atomic mass is 9.86. The molecule has 2 unspecified atom stereocenters. The van der Waals surface area contributed by atoms with Crippen LogP contribution in [0.3, 0.4) is 0 Å². The van der Waals surface area contributed by atoms with Crippen molar-refractivity contribution < 1.29 is 13.5 Å². The minimum absolute atomic E-state index is 0.0287. The third kappa shape index (κ3) is 3.08. The third-order valence-corrected chi connectivity index (χ3v) is 5.43. The van der Waals surface area contributed by atoms with Gasteiger partial charge in [0.15, 0.2) is 0 Å². The molecule has 1 fully saturated rings. The van der Waals surface area contributed by atoms with Crippen LogP contribution in [-0.4, -0.2) is 31.2 Å². The number of nitrogens with zero attached hydrogens (tertiary/aromatic N) is 1. The minimum Gasteiger partial charge on any atom is -0.396 e. The van der Waals surface area contributed by atoms with Crippen LogP contribution < -0.4 is 4.72 Å². The Bertz CT molecular complexity index is 547. The number of hydrogen-bond donors (Lipinski definition) is 2. The molecule has 2 rings (SSSR count). The van der Waals surface area contributed by atoms with Crippen LogP contribution in [0.1, 0.15) is 26.2 Å². The molecule has 1 aromatic rings. The molecule has 7 heteroatoms. The van der Waals surface area contributed by atoms with E-state index in [0.717, 1.165) is 19.3 Å². The van der Waals surface area contributed by atoms with Gasteiger partial charge in [-0.1, -0.05) is 24.9 Å². The third-order valence-electron chi connectivity index (χ3n) is 3.75. The van der Waals surface area contributed by atoms with Crippen LogP contribution in [0.15, 0.2) is 23.2 Å². The van der Waals surface area contributed by atoms with Crippen molar-refractivity contribution in [2.24, 2.45) is 5.41 Å². The average Bonchev–Trinajstić information content (AvgIpc) is 2.72. The zero-order valence-electron chi connectivity index (χ0n) is 10.6. The van der Waals surface area contributed by atoms with E-state index >= 15 is 0 Å². The number of hydrogen-bond acceptors (Lipinski definition) is 4. The van der Waals surface area contributed by atoms with Crippen LogP contribution in [-0.2, 0) is 10.0 Å². The summed E-state index contributed by atoms with van der Waals surface area (Å²) in [6, 6.07) is 2.61. The highest BCUT2D eigenvalue weighted by Gasteiger charge is 2.40. The zero-order chi connectivity index (χ0) is 14.1. The van der Waals surface area contributed by atoms with Gasteiger partial charge in [0.05, 0.1) is 0 Å². The molecule has 0 bridgehead atoms. The van der Waals surface area contributed by atoms with Gasteiger partial charge in [-0.2, -0.15) is 0 Å². The van der Waals surface area contributed by atoms with E-state index in [9.17, 15) is 13.5 Å². The second-order valence-electron chi connectivity index (χ2n) is 5.19. The van der Waals surface area contributed by atoms with Crippen molar-refractivity contribution >= 4 is 21.6 Å². The van der Waals surface area contributed by atoms with E-state index in [1.807, 2.05) is 6.92 Å². The van der Waals surface area contributed by atoms with E-state index in [4.69, 9.17) is 11.6 Å². The molecule has 19 heavy (non-hydrogen) atoms. The molecule has 0 aromatic carbocycles. The maximum atomic E-state index is 12.2. The fourth-order valence-electron chi connectivity index (χ4n) is 2.40. The normalized spacial score (nSPS) is 27.6. The number of sulfonamides is 1. The Labute approximate surface area is 118 Å². The fourth-order valence-corrected chi connectivity index (χ4v) is 3.86. The molecule has 1 aromatic heterocycles. The maximum Gasteiger partial charge on any atom is 0.242 e. The molecule has 0 saturated heterocycles. The second kappa shape index (κ2) is 5.36. The number of aromatic nitrogens is 1. The van der Waals surface area contributed by atoms with Gasteiger partial charge in [0, 0.05) is 24.3 Å². The van der Waals surface area contributed by atoms with Gasteiger partial charge < -0.3 is 5.11 Å². The molecule has 0 spiro atoms. The Morgan fingerprint density at radius 2 is 2.32 bits per heavy atom. The van der Waals surface area contributed by atoms with Crippen molar-refractivity contribution in [3.05, 3.63) is 23.5 Å². The van der Waals surface area contributed by atoms with Gasteiger partial charge in [0.25, 0.3) is 0 Å². The Balaban J connectivity index is 2.20. The van der Waals surface area contributed by atoms with E-state index in [2.05, 4.69) is 9.71 Å². The Kier molecular flexibility index (Phi) is 4.15. The molecule has 1 aliphatic carbocycles. The monoisotopic (exact) mass is 304 g/mol. The van der Waals surface area contributed by atoms with Crippen LogP contribution in [0.2, 0.25) is 5.15 Å². The summed E-state index contributed by atoms with van der Waals surface area (Å²) < 4.78 is 27.1. The topological polar surface area (TPSA) is 79.3 Å².